The van der Waals surface area contributed by atoms with E-state index in [0.717, 1.165) is 19.5 Å². The van der Waals surface area contributed by atoms with Gasteiger partial charge in [-0.2, -0.15) is 0 Å². The van der Waals surface area contributed by atoms with Gasteiger partial charge in [-0.05, 0) is 37.4 Å². The molecule has 1 atom stereocenters. The minimum atomic E-state index is 0.357. The van der Waals surface area contributed by atoms with Gasteiger partial charge in [0.1, 0.15) is 0 Å². The molecule has 2 heteroatoms. The Labute approximate surface area is 98.4 Å². The first-order valence-corrected chi connectivity index (χ1v) is 6.30. The van der Waals surface area contributed by atoms with Gasteiger partial charge >= 0.3 is 0 Å². The average molecular weight is 218 g/mol. The van der Waals surface area contributed by atoms with E-state index in [1.165, 1.54) is 30.5 Å². The highest BCUT2D eigenvalue weighted by atomic mass is 15.1. The van der Waals surface area contributed by atoms with Crippen molar-refractivity contribution in [2.24, 2.45) is 5.73 Å². The number of hydrogen-bond donors (Lipinski definition) is 1. The summed E-state index contributed by atoms with van der Waals surface area (Å²) in [5.74, 6) is 0. The molecule has 1 aromatic rings. The third kappa shape index (κ3) is 3.06. The third-order valence-electron chi connectivity index (χ3n) is 3.29. The summed E-state index contributed by atoms with van der Waals surface area (Å²) in [7, 11) is 0. The van der Waals surface area contributed by atoms with Crippen LogP contribution in [0.25, 0.3) is 0 Å². The topological polar surface area (TPSA) is 29.3 Å². The normalized spacial score (nSPS) is 17.4. The maximum Gasteiger partial charge on any atom is 0.0240 e. The molecule has 0 aromatic heterocycles. The van der Waals surface area contributed by atoms with Crippen molar-refractivity contribution in [3.8, 4) is 0 Å². The molecular weight excluding hydrogens is 196 g/mol. The summed E-state index contributed by atoms with van der Waals surface area (Å²) < 4.78 is 0. The number of rotatable bonds is 5. The van der Waals surface area contributed by atoms with E-state index >= 15 is 0 Å². The van der Waals surface area contributed by atoms with Crippen molar-refractivity contribution in [2.75, 3.05) is 6.54 Å². The minimum Gasteiger partial charge on any atom is -0.328 e. The van der Waals surface area contributed by atoms with Crippen LogP contribution in [0.15, 0.2) is 24.3 Å². The Morgan fingerprint density at radius 2 is 1.81 bits per heavy atom. The van der Waals surface area contributed by atoms with Gasteiger partial charge in [0.05, 0.1) is 0 Å². The molecule has 88 valence electrons. The lowest BCUT2D eigenvalue weighted by molar-refractivity contribution is 0.276. The Bertz CT molecular complexity index is 308. The molecule has 0 bridgehead atoms. The predicted octanol–water partition coefficient (Wildman–Crippen LogP) is 2.52. The summed E-state index contributed by atoms with van der Waals surface area (Å²) in [5.41, 5.74) is 8.76. The average Bonchev–Trinajstić information content (AvgIpc) is 2.66. The van der Waals surface area contributed by atoms with Gasteiger partial charge in [-0.3, -0.25) is 4.90 Å². The molecule has 0 saturated carbocycles. The lowest BCUT2D eigenvalue weighted by Gasteiger charge is -2.14. The maximum absolute atomic E-state index is 5.74. The highest BCUT2D eigenvalue weighted by molar-refractivity contribution is 5.30. The molecule has 1 unspecified atom stereocenters. The first kappa shape index (κ1) is 11.6. The van der Waals surface area contributed by atoms with Crippen LogP contribution < -0.4 is 5.73 Å². The summed E-state index contributed by atoms with van der Waals surface area (Å²) in [6.45, 7) is 5.57. The van der Waals surface area contributed by atoms with Crippen LogP contribution in [-0.4, -0.2) is 17.5 Å². The zero-order valence-electron chi connectivity index (χ0n) is 10.2. The Morgan fingerprint density at radius 1 is 1.19 bits per heavy atom. The standard InChI is InChI=1S/C14H22N2/c1-12(15)6-4-5-9-16-10-13-7-2-3-8-14(13)11-16/h2-3,7-8,12H,4-6,9-11,15H2,1H3. The van der Waals surface area contributed by atoms with E-state index in [9.17, 15) is 0 Å². The van der Waals surface area contributed by atoms with Gasteiger partial charge < -0.3 is 5.73 Å². The first-order chi connectivity index (χ1) is 7.75. The minimum absolute atomic E-state index is 0.357. The predicted molar refractivity (Wildman–Crippen MR) is 68.1 cm³/mol. The van der Waals surface area contributed by atoms with E-state index in [2.05, 4.69) is 36.1 Å². The van der Waals surface area contributed by atoms with Crippen molar-refractivity contribution >= 4 is 0 Å². The van der Waals surface area contributed by atoms with Crippen molar-refractivity contribution in [3.63, 3.8) is 0 Å². The molecule has 0 spiro atoms. The fourth-order valence-corrected chi connectivity index (χ4v) is 2.36. The Hall–Kier alpha value is -0.860. The molecule has 0 amide bonds. The molecule has 16 heavy (non-hydrogen) atoms. The molecular formula is C14H22N2. The van der Waals surface area contributed by atoms with Gasteiger partial charge in [0.15, 0.2) is 0 Å². The quantitative estimate of drug-likeness (QED) is 0.769. The van der Waals surface area contributed by atoms with Crippen molar-refractivity contribution in [3.05, 3.63) is 35.4 Å². The molecule has 1 aliphatic heterocycles. The van der Waals surface area contributed by atoms with E-state index in [1.807, 2.05) is 0 Å². The molecule has 1 aromatic carbocycles. The van der Waals surface area contributed by atoms with Crippen molar-refractivity contribution in [1.82, 2.24) is 4.90 Å². The molecule has 0 aliphatic carbocycles. The monoisotopic (exact) mass is 218 g/mol. The number of fused-ring (bicyclic) bond motifs is 1. The fraction of sp³-hybridized carbons (Fsp3) is 0.571. The summed E-state index contributed by atoms with van der Waals surface area (Å²) in [4.78, 5) is 2.53. The van der Waals surface area contributed by atoms with Crippen LogP contribution >= 0.6 is 0 Å². The number of benzene rings is 1. The molecule has 1 aliphatic rings. The van der Waals surface area contributed by atoms with E-state index < -0.39 is 0 Å². The summed E-state index contributed by atoms with van der Waals surface area (Å²) in [6.07, 6.45) is 3.68. The lowest BCUT2D eigenvalue weighted by Crippen LogP contribution is -2.19. The van der Waals surface area contributed by atoms with Gasteiger partial charge in [-0.15, -0.1) is 0 Å². The zero-order valence-corrected chi connectivity index (χ0v) is 10.2. The van der Waals surface area contributed by atoms with E-state index in [-0.39, 0.29) is 0 Å². The number of unbranched alkanes of at least 4 members (excludes halogenated alkanes) is 1. The van der Waals surface area contributed by atoms with E-state index in [4.69, 9.17) is 5.73 Å². The van der Waals surface area contributed by atoms with E-state index in [1.54, 1.807) is 0 Å². The van der Waals surface area contributed by atoms with Crippen LogP contribution in [0.4, 0.5) is 0 Å². The van der Waals surface area contributed by atoms with Crippen LogP contribution in [0.3, 0.4) is 0 Å². The smallest absolute Gasteiger partial charge is 0.0240 e. The molecule has 1 heterocycles. The Kier molecular flexibility index (Phi) is 3.97. The van der Waals surface area contributed by atoms with Gasteiger partial charge in [-0.25, -0.2) is 0 Å². The number of nitrogens with zero attached hydrogens (tertiary/aromatic N) is 1. The summed E-state index contributed by atoms with van der Waals surface area (Å²) in [6, 6.07) is 9.13. The maximum atomic E-state index is 5.74. The van der Waals surface area contributed by atoms with Crippen molar-refractivity contribution < 1.29 is 0 Å². The van der Waals surface area contributed by atoms with Gasteiger partial charge in [0, 0.05) is 19.1 Å². The van der Waals surface area contributed by atoms with Crippen molar-refractivity contribution in [2.45, 2.75) is 45.3 Å². The van der Waals surface area contributed by atoms with Crippen LogP contribution in [-0.2, 0) is 13.1 Å². The van der Waals surface area contributed by atoms with E-state index in [0.29, 0.717) is 6.04 Å². The summed E-state index contributed by atoms with van der Waals surface area (Å²) in [5, 5.41) is 0. The SMILES string of the molecule is CC(N)CCCCN1Cc2ccccc2C1. The molecule has 2 rings (SSSR count). The largest absolute Gasteiger partial charge is 0.328 e. The first-order valence-electron chi connectivity index (χ1n) is 6.30. The second-order valence-electron chi connectivity index (χ2n) is 4.95. The van der Waals surface area contributed by atoms with Gasteiger partial charge in [0.25, 0.3) is 0 Å². The zero-order chi connectivity index (χ0) is 11.4. The van der Waals surface area contributed by atoms with Gasteiger partial charge in [0.2, 0.25) is 0 Å². The summed E-state index contributed by atoms with van der Waals surface area (Å²) >= 11 is 0. The second-order valence-corrected chi connectivity index (χ2v) is 4.95. The number of hydrogen-bond acceptors (Lipinski definition) is 2. The lowest BCUT2D eigenvalue weighted by atomic mass is 10.1. The Balaban J connectivity index is 1.71. The van der Waals surface area contributed by atoms with Crippen LogP contribution in [0.1, 0.15) is 37.3 Å². The second kappa shape index (κ2) is 5.46. The molecule has 2 N–H and O–H groups in total. The molecule has 0 radical (unpaired) electrons. The third-order valence-corrected chi connectivity index (χ3v) is 3.29. The van der Waals surface area contributed by atoms with Crippen LogP contribution in [0, 0.1) is 0 Å². The highest BCUT2D eigenvalue weighted by Crippen LogP contribution is 2.22. The van der Waals surface area contributed by atoms with Crippen LogP contribution in [0.2, 0.25) is 0 Å². The molecule has 2 nitrogen and oxygen atoms in total. The van der Waals surface area contributed by atoms with Crippen LogP contribution in [0.5, 0.6) is 0 Å². The number of nitrogens with two attached hydrogens (primary N) is 1. The van der Waals surface area contributed by atoms with Gasteiger partial charge in [-0.1, -0.05) is 30.7 Å². The van der Waals surface area contributed by atoms with Crippen molar-refractivity contribution in [1.29, 1.82) is 0 Å². The highest BCUT2D eigenvalue weighted by Gasteiger charge is 2.16. The fourth-order valence-electron chi connectivity index (χ4n) is 2.36. The molecule has 0 fully saturated rings. The Morgan fingerprint density at radius 3 is 2.38 bits per heavy atom. The molecule has 0 saturated heterocycles.